The fourth-order valence-corrected chi connectivity index (χ4v) is 1.38. The van der Waals surface area contributed by atoms with Gasteiger partial charge in [-0.1, -0.05) is 6.42 Å². The van der Waals surface area contributed by atoms with Gasteiger partial charge in [0.1, 0.15) is 0 Å². The molecule has 0 aliphatic rings. The molecule has 15 heavy (non-hydrogen) atoms. The highest BCUT2D eigenvalue weighted by atomic mass is 35.5. The molecule has 0 rings (SSSR count). The first-order valence-corrected chi connectivity index (χ1v) is 6.28. The van der Waals surface area contributed by atoms with E-state index in [-0.39, 0.29) is 0 Å². The van der Waals surface area contributed by atoms with E-state index < -0.39 is 0 Å². The Hall–Kier alpha value is 0.170. The number of rotatable bonds is 12. The Labute approximate surface area is 98.5 Å². The van der Waals surface area contributed by atoms with E-state index in [1.165, 1.54) is 12.8 Å². The summed E-state index contributed by atoms with van der Waals surface area (Å²) in [5.41, 5.74) is 0. The first kappa shape index (κ1) is 15.2. The predicted molar refractivity (Wildman–Crippen MR) is 64.8 cm³/mol. The van der Waals surface area contributed by atoms with Crippen LogP contribution in [0.25, 0.3) is 0 Å². The van der Waals surface area contributed by atoms with Crippen molar-refractivity contribution in [3.63, 3.8) is 0 Å². The van der Waals surface area contributed by atoms with Crippen LogP contribution in [-0.4, -0.2) is 45.9 Å². The van der Waals surface area contributed by atoms with E-state index in [2.05, 4.69) is 5.32 Å². The average Bonchev–Trinajstić information content (AvgIpc) is 2.26. The molecule has 4 heteroatoms. The molecule has 0 bridgehead atoms. The number of ether oxygens (including phenoxy) is 2. The van der Waals surface area contributed by atoms with E-state index in [1.807, 2.05) is 0 Å². The van der Waals surface area contributed by atoms with E-state index in [0.717, 1.165) is 38.4 Å². The maximum absolute atomic E-state index is 5.58. The zero-order valence-corrected chi connectivity index (χ0v) is 10.5. The minimum Gasteiger partial charge on any atom is -0.382 e. The summed E-state index contributed by atoms with van der Waals surface area (Å²) in [5, 5.41) is 3.38. The van der Waals surface area contributed by atoms with Gasteiger partial charge in [0.05, 0.1) is 13.2 Å². The van der Waals surface area contributed by atoms with Crippen LogP contribution in [0.5, 0.6) is 0 Å². The van der Waals surface area contributed by atoms with Crippen molar-refractivity contribution in [2.45, 2.75) is 25.7 Å². The van der Waals surface area contributed by atoms with E-state index in [1.54, 1.807) is 7.11 Å². The minimum atomic E-state index is 0.686. The number of methoxy groups -OCH3 is 1. The van der Waals surface area contributed by atoms with Gasteiger partial charge in [-0.25, -0.2) is 0 Å². The summed E-state index contributed by atoms with van der Waals surface area (Å²) in [6.07, 6.45) is 4.64. The molecule has 0 saturated carbocycles. The van der Waals surface area contributed by atoms with Gasteiger partial charge in [0.15, 0.2) is 0 Å². The van der Waals surface area contributed by atoms with Gasteiger partial charge in [0.25, 0.3) is 0 Å². The highest BCUT2D eigenvalue weighted by Gasteiger charge is 1.90. The van der Waals surface area contributed by atoms with Crippen molar-refractivity contribution in [1.82, 2.24) is 5.32 Å². The lowest BCUT2D eigenvalue weighted by molar-refractivity contribution is 0.0695. The minimum absolute atomic E-state index is 0.686. The fraction of sp³-hybridized carbons (Fsp3) is 1.00. The number of halogens is 1. The van der Waals surface area contributed by atoms with Crippen LogP contribution in [-0.2, 0) is 9.47 Å². The van der Waals surface area contributed by atoms with Crippen molar-refractivity contribution < 1.29 is 9.47 Å². The summed E-state index contributed by atoms with van der Waals surface area (Å²) in [6, 6.07) is 0. The molecule has 0 atom stereocenters. The van der Waals surface area contributed by atoms with Crippen LogP contribution in [0.4, 0.5) is 0 Å². The van der Waals surface area contributed by atoms with Gasteiger partial charge in [-0.3, -0.25) is 0 Å². The summed E-state index contributed by atoms with van der Waals surface area (Å²) in [5.74, 6) is 0.785. The van der Waals surface area contributed by atoms with Gasteiger partial charge >= 0.3 is 0 Å². The van der Waals surface area contributed by atoms with Crippen LogP contribution >= 0.6 is 11.6 Å². The van der Waals surface area contributed by atoms with Crippen LogP contribution in [0.1, 0.15) is 25.7 Å². The molecule has 0 heterocycles. The van der Waals surface area contributed by atoms with Gasteiger partial charge in [-0.15, -0.1) is 11.6 Å². The second-order valence-corrected chi connectivity index (χ2v) is 3.84. The van der Waals surface area contributed by atoms with Crippen molar-refractivity contribution in [2.24, 2.45) is 0 Å². The maximum Gasteiger partial charge on any atom is 0.0700 e. The van der Waals surface area contributed by atoms with Gasteiger partial charge < -0.3 is 14.8 Å². The summed E-state index contributed by atoms with van der Waals surface area (Å²) >= 11 is 5.58. The van der Waals surface area contributed by atoms with Crippen LogP contribution in [0, 0.1) is 0 Å². The first-order chi connectivity index (χ1) is 7.41. The van der Waals surface area contributed by atoms with Crippen LogP contribution in [0.2, 0.25) is 0 Å². The number of unbranched alkanes of at least 4 members (excludes halogenated alkanes) is 2. The molecule has 0 amide bonds. The molecule has 0 unspecified atom stereocenters. The number of hydrogen-bond donors (Lipinski definition) is 1. The van der Waals surface area contributed by atoms with E-state index in [9.17, 15) is 0 Å². The molecule has 92 valence electrons. The molecule has 0 aliphatic carbocycles. The second kappa shape index (κ2) is 14.2. The van der Waals surface area contributed by atoms with Crippen molar-refractivity contribution in [3.8, 4) is 0 Å². The first-order valence-electron chi connectivity index (χ1n) is 5.75. The molecule has 0 fully saturated rings. The van der Waals surface area contributed by atoms with Gasteiger partial charge in [-0.2, -0.15) is 0 Å². The number of alkyl halides is 1. The Balaban J connectivity index is 2.81. The predicted octanol–water partition coefficient (Wildman–Crippen LogP) is 2.04. The third-order valence-electron chi connectivity index (χ3n) is 2.06. The Morgan fingerprint density at radius 1 is 0.933 bits per heavy atom. The van der Waals surface area contributed by atoms with Gasteiger partial charge in [0.2, 0.25) is 0 Å². The third kappa shape index (κ3) is 14.2. The molecule has 0 aromatic carbocycles. The largest absolute Gasteiger partial charge is 0.382 e. The van der Waals surface area contributed by atoms with Crippen LogP contribution < -0.4 is 5.32 Å². The van der Waals surface area contributed by atoms with E-state index in [0.29, 0.717) is 13.2 Å². The third-order valence-corrected chi connectivity index (χ3v) is 2.33. The second-order valence-electron chi connectivity index (χ2n) is 3.46. The Morgan fingerprint density at radius 2 is 1.73 bits per heavy atom. The lowest BCUT2D eigenvalue weighted by Crippen LogP contribution is -2.18. The molecular weight excluding hydrogens is 214 g/mol. The molecule has 0 spiro atoms. The molecule has 0 aromatic rings. The highest BCUT2D eigenvalue weighted by Crippen LogP contribution is 1.95. The summed E-state index contributed by atoms with van der Waals surface area (Å²) in [4.78, 5) is 0. The van der Waals surface area contributed by atoms with Crippen molar-refractivity contribution in [3.05, 3.63) is 0 Å². The molecular formula is C11H24ClNO2. The zero-order valence-electron chi connectivity index (χ0n) is 9.77. The van der Waals surface area contributed by atoms with Crippen molar-refractivity contribution in [2.75, 3.05) is 45.9 Å². The molecule has 0 aromatic heterocycles. The lowest BCUT2D eigenvalue weighted by atomic mass is 10.2. The van der Waals surface area contributed by atoms with E-state index in [4.69, 9.17) is 21.1 Å². The van der Waals surface area contributed by atoms with Crippen LogP contribution in [0.3, 0.4) is 0 Å². The standard InChI is InChI=1S/C11H24ClNO2/c1-14-10-11-15-9-5-8-13-7-4-2-3-6-12/h13H,2-11H2,1H3. The highest BCUT2D eigenvalue weighted by molar-refractivity contribution is 6.17. The van der Waals surface area contributed by atoms with Gasteiger partial charge in [0, 0.05) is 19.6 Å². The summed E-state index contributed by atoms with van der Waals surface area (Å²) in [6.45, 7) is 4.33. The van der Waals surface area contributed by atoms with E-state index >= 15 is 0 Å². The maximum atomic E-state index is 5.58. The lowest BCUT2D eigenvalue weighted by Gasteiger charge is -2.05. The molecule has 3 nitrogen and oxygen atoms in total. The zero-order chi connectivity index (χ0) is 11.2. The number of nitrogens with one attached hydrogen (secondary N) is 1. The SMILES string of the molecule is COCCOCCCNCCCCCCl. The monoisotopic (exact) mass is 237 g/mol. The summed E-state index contributed by atoms with van der Waals surface area (Å²) < 4.78 is 10.2. The Kier molecular flexibility index (Phi) is 14.3. The van der Waals surface area contributed by atoms with Crippen LogP contribution in [0.15, 0.2) is 0 Å². The molecule has 0 radical (unpaired) electrons. The molecule has 1 N–H and O–H groups in total. The van der Waals surface area contributed by atoms with Crippen molar-refractivity contribution >= 4 is 11.6 Å². The topological polar surface area (TPSA) is 30.5 Å². The van der Waals surface area contributed by atoms with Crippen molar-refractivity contribution in [1.29, 1.82) is 0 Å². The van der Waals surface area contributed by atoms with Gasteiger partial charge in [-0.05, 0) is 32.4 Å². The fourth-order valence-electron chi connectivity index (χ4n) is 1.19. The smallest absolute Gasteiger partial charge is 0.0700 e. The number of hydrogen-bond acceptors (Lipinski definition) is 3. The quantitative estimate of drug-likeness (QED) is 0.416. The Morgan fingerprint density at radius 3 is 2.47 bits per heavy atom. The molecule has 0 aliphatic heterocycles. The average molecular weight is 238 g/mol. The normalized spacial score (nSPS) is 10.8. The Bertz CT molecular complexity index is 103. The molecule has 0 saturated heterocycles. The summed E-state index contributed by atoms with van der Waals surface area (Å²) in [7, 11) is 1.69.